The van der Waals surface area contributed by atoms with Gasteiger partial charge in [-0.2, -0.15) is 0 Å². The van der Waals surface area contributed by atoms with Gasteiger partial charge < -0.3 is 4.74 Å². The fraction of sp³-hybridized carbons (Fsp3) is 0.750. The number of esters is 1. The second kappa shape index (κ2) is 2.41. The molecule has 2 nitrogen and oxygen atoms in total. The van der Waals surface area contributed by atoms with E-state index in [1.165, 1.54) is 6.42 Å². The van der Waals surface area contributed by atoms with E-state index in [9.17, 15) is 4.79 Å². The average Bonchev–Trinajstić information content (AvgIpc) is 2.73. The van der Waals surface area contributed by atoms with E-state index in [-0.39, 0.29) is 17.5 Å². The zero-order valence-corrected chi connectivity index (χ0v) is 8.69. The molecule has 1 aliphatic heterocycles. The molecule has 1 saturated heterocycles. The standard InChI is InChI=1S/C12H16O2/c1-7(2)10-12(11(13)14-10)6-8-3-4-9(12)5-8/h3-4,7-10H,5-6H2,1-2H3. The molecule has 2 aliphatic carbocycles. The number of fused-ring (bicyclic) bond motifs is 3. The van der Waals surface area contributed by atoms with E-state index >= 15 is 0 Å². The van der Waals surface area contributed by atoms with Crippen LogP contribution < -0.4 is 0 Å². The molecule has 0 aromatic heterocycles. The lowest BCUT2D eigenvalue weighted by molar-refractivity contribution is -0.219. The quantitative estimate of drug-likeness (QED) is 0.470. The first kappa shape index (κ1) is 8.51. The van der Waals surface area contributed by atoms with Crippen LogP contribution in [0.15, 0.2) is 12.2 Å². The molecule has 2 heteroatoms. The van der Waals surface area contributed by atoms with E-state index < -0.39 is 0 Å². The highest BCUT2D eigenvalue weighted by atomic mass is 16.6. The third-order valence-electron chi connectivity index (χ3n) is 4.16. The van der Waals surface area contributed by atoms with Gasteiger partial charge in [-0.25, -0.2) is 0 Å². The van der Waals surface area contributed by atoms with Crippen molar-refractivity contribution in [2.45, 2.75) is 32.8 Å². The predicted molar refractivity (Wildman–Crippen MR) is 52.5 cm³/mol. The van der Waals surface area contributed by atoms with E-state index in [2.05, 4.69) is 26.0 Å². The lowest BCUT2D eigenvalue weighted by Crippen LogP contribution is -2.60. The van der Waals surface area contributed by atoms with Gasteiger partial charge in [0.1, 0.15) is 11.5 Å². The van der Waals surface area contributed by atoms with Crippen molar-refractivity contribution in [3.8, 4) is 0 Å². The minimum absolute atomic E-state index is 0.0630. The number of rotatable bonds is 1. The van der Waals surface area contributed by atoms with Crippen molar-refractivity contribution in [1.29, 1.82) is 0 Å². The Labute approximate surface area is 84.3 Å². The SMILES string of the molecule is CC(C)C1OC(=O)C12CC1C=CC2C1. The molecule has 1 saturated carbocycles. The summed E-state index contributed by atoms with van der Waals surface area (Å²) in [6.07, 6.45) is 6.91. The number of hydrogen-bond donors (Lipinski definition) is 0. The zero-order chi connectivity index (χ0) is 9.92. The molecule has 4 unspecified atom stereocenters. The molecule has 2 fully saturated rings. The maximum Gasteiger partial charge on any atom is 0.316 e. The zero-order valence-electron chi connectivity index (χ0n) is 8.69. The van der Waals surface area contributed by atoms with Crippen LogP contribution >= 0.6 is 0 Å². The molecule has 0 radical (unpaired) electrons. The van der Waals surface area contributed by atoms with E-state index in [1.54, 1.807) is 0 Å². The number of hydrogen-bond acceptors (Lipinski definition) is 2. The van der Waals surface area contributed by atoms with Crippen LogP contribution in [-0.4, -0.2) is 12.1 Å². The Morgan fingerprint density at radius 2 is 2.29 bits per heavy atom. The van der Waals surface area contributed by atoms with Crippen molar-refractivity contribution < 1.29 is 9.53 Å². The lowest BCUT2D eigenvalue weighted by atomic mass is 9.65. The van der Waals surface area contributed by atoms with Gasteiger partial charge in [0.2, 0.25) is 0 Å². The highest BCUT2D eigenvalue weighted by Gasteiger charge is 2.67. The highest BCUT2D eigenvalue weighted by Crippen LogP contribution is 2.61. The molecular weight excluding hydrogens is 176 g/mol. The van der Waals surface area contributed by atoms with Crippen LogP contribution in [0.1, 0.15) is 26.7 Å². The van der Waals surface area contributed by atoms with Crippen LogP contribution in [0.5, 0.6) is 0 Å². The van der Waals surface area contributed by atoms with Crippen molar-refractivity contribution in [3.05, 3.63) is 12.2 Å². The van der Waals surface area contributed by atoms with Crippen molar-refractivity contribution in [1.82, 2.24) is 0 Å². The van der Waals surface area contributed by atoms with Crippen LogP contribution in [0.25, 0.3) is 0 Å². The van der Waals surface area contributed by atoms with Crippen LogP contribution in [-0.2, 0) is 9.53 Å². The average molecular weight is 192 g/mol. The maximum atomic E-state index is 11.7. The molecule has 1 spiro atoms. The van der Waals surface area contributed by atoms with Crippen LogP contribution in [0.2, 0.25) is 0 Å². The number of ether oxygens (including phenoxy) is 1. The van der Waals surface area contributed by atoms with Gasteiger partial charge in [-0.3, -0.25) is 4.79 Å². The summed E-state index contributed by atoms with van der Waals surface area (Å²) in [6.45, 7) is 4.29. The van der Waals surface area contributed by atoms with Gasteiger partial charge in [0.25, 0.3) is 0 Å². The summed E-state index contributed by atoms with van der Waals surface area (Å²) >= 11 is 0. The Morgan fingerprint density at radius 1 is 1.50 bits per heavy atom. The molecule has 1 heterocycles. The molecule has 76 valence electrons. The van der Waals surface area contributed by atoms with Gasteiger partial charge in [0.05, 0.1) is 0 Å². The summed E-state index contributed by atoms with van der Waals surface area (Å²) in [7, 11) is 0. The number of carbonyl (C=O) groups excluding carboxylic acids is 1. The summed E-state index contributed by atoms with van der Waals surface area (Å²) < 4.78 is 5.32. The molecule has 0 N–H and O–H groups in total. The fourth-order valence-electron chi connectivity index (χ4n) is 3.57. The number of allylic oxidation sites excluding steroid dienone is 2. The fourth-order valence-corrected chi connectivity index (χ4v) is 3.57. The molecular formula is C12H16O2. The smallest absolute Gasteiger partial charge is 0.316 e. The van der Waals surface area contributed by atoms with Crippen molar-refractivity contribution in [2.75, 3.05) is 0 Å². The molecule has 3 aliphatic rings. The van der Waals surface area contributed by atoms with Gasteiger partial charge in [-0.05, 0) is 30.6 Å². The summed E-state index contributed by atoms with van der Waals surface area (Å²) in [5.74, 6) is 1.64. The Kier molecular flexibility index (Phi) is 1.47. The molecule has 0 aromatic rings. The maximum absolute atomic E-state index is 11.7. The molecule has 0 aromatic carbocycles. The Morgan fingerprint density at radius 3 is 2.71 bits per heavy atom. The Bertz CT molecular complexity index is 318. The third kappa shape index (κ3) is 0.760. The minimum atomic E-state index is -0.117. The highest BCUT2D eigenvalue weighted by molar-refractivity contribution is 5.85. The van der Waals surface area contributed by atoms with Gasteiger partial charge >= 0.3 is 5.97 Å². The Balaban J connectivity index is 1.95. The van der Waals surface area contributed by atoms with E-state index in [0.717, 1.165) is 6.42 Å². The lowest BCUT2D eigenvalue weighted by Gasteiger charge is -2.50. The van der Waals surface area contributed by atoms with Crippen LogP contribution in [0, 0.1) is 23.2 Å². The summed E-state index contributed by atoms with van der Waals surface area (Å²) in [6, 6.07) is 0. The van der Waals surface area contributed by atoms with Crippen LogP contribution in [0.3, 0.4) is 0 Å². The molecule has 14 heavy (non-hydrogen) atoms. The summed E-state index contributed by atoms with van der Waals surface area (Å²) in [5.41, 5.74) is -0.117. The normalized spacial score (nSPS) is 48.8. The van der Waals surface area contributed by atoms with E-state index in [4.69, 9.17) is 4.74 Å². The molecule has 3 rings (SSSR count). The van der Waals surface area contributed by atoms with E-state index in [0.29, 0.717) is 17.8 Å². The van der Waals surface area contributed by atoms with E-state index in [1.807, 2.05) is 0 Å². The van der Waals surface area contributed by atoms with Gasteiger partial charge in [-0.1, -0.05) is 26.0 Å². The second-order valence-corrected chi connectivity index (χ2v) is 5.30. The van der Waals surface area contributed by atoms with Gasteiger partial charge in [-0.15, -0.1) is 0 Å². The summed E-state index contributed by atoms with van der Waals surface area (Å²) in [4.78, 5) is 11.7. The van der Waals surface area contributed by atoms with Crippen molar-refractivity contribution in [2.24, 2.45) is 23.2 Å². The van der Waals surface area contributed by atoms with Crippen LogP contribution in [0.4, 0.5) is 0 Å². The van der Waals surface area contributed by atoms with Crippen molar-refractivity contribution >= 4 is 5.97 Å². The third-order valence-corrected chi connectivity index (χ3v) is 4.16. The predicted octanol–water partition coefficient (Wildman–Crippen LogP) is 2.15. The molecule has 4 atom stereocenters. The first-order valence-electron chi connectivity index (χ1n) is 5.54. The monoisotopic (exact) mass is 192 g/mol. The largest absolute Gasteiger partial charge is 0.460 e. The minimum Gasteiger partial charge on any atom is -0.460 e. The van der Waals surface area contributed by atoms with Gasteiger partial charge in [0, 0.05) is 0 Å². The van der Waals surface area contributed by atoms with Crippen molar-refractivity contribution in [3.63, 3.8) is 0 Å². The Hall–Kier alpha value is -0.790. The summed E-state index contributed by atoms with van der Waals surface area (Å²) in [5, 5.41) is 0. The van der Waals surface area contributed by atoms with Gasteiger partial charge in [0.15, 0.2) is 0 Å². The number of carbonyl (C=O) groups is 1. The molecule has 0 amide bonds. The topological polar surface area (TPSA) is 26.3 Å². The second-order valence-electron chi connectivity index (χ2n) is 5.30. The first-order chi connectivity index (χ1) is 6.64. The molecule has 2 bridgehead atoms. The first-order valence-corrected chi connectivity index (χ1v) is 5.54. The number of cyclic esters (lactones) is 1.